The molecule has 0 fully saturated rings. The Hall–Kier alpha value is -2.11. The summed E-state index contributed by atoms with van der Waals surface area (Å²) in [5, 5.41) is 4.57. The summed E-state index contributed by atoms with van der Waals surface area (Å²) in [5.74, 6) is -1.07. The minimum atomic E-state index is -0.661. The Balaban J connectivity index is 2.47. The zero-order valence-electron chi connectivity index (χ0n) is 10.2. The number of benzene rings is 1. The van der Waals surface area contributed by atoms with Crippen LogP contribution in [0.2, 0.25) is 0 Å². The molecule has 0 bridgehead atoms. The SMILES string of the molecule is CCOC(=O)CNC(=O)Nc1ccc(C)cc1F. The van der Waals surface area contributed by atoms with Gasteiger partial charge in [-0.05, 0) is 31.5 Å². The summed E-state index contributed by atoms with van der Waals surface area (Å²) in [6.45, 7) is 3.40. The number of rotatable bonds is 4. The third-order valence-electron chi connectivity index (χ3n) is 2.07. The van der Waals surface area contributed by atoms with Crippen molar-refractivity contribution in [2.75, 3.05) is 18.5 Å². The predicted octanol–water partition coefficient (Wildman–Crippen LogP) is 1.82. The first-order valence-electron chi connectivity index (χ1n) is 5.49. The van der Waals surface area contributed by atoms with Crippen LogP contribution in [0.3, 0.4) is 0 Å². The van der Waals surface area contributed by atoms with Gasteiger partial charge in [-0.25, -0.2) is 9.18 Å². The summed E-state index contributed by atoms with van der Waals surface area (Å²) >= 11 is 0. The van der Waals surface area contributed by atoms with Crippen molar-refractivity contribution in [1.29, 1.82) is 0 Å². The van der Waals surface area contributed by atoms with Gasteiger partial charge in [0.25, 0.3) is 0 Å². The zero-order chi connectivity index (χ0) is 13.5. The molecule has 2 amide bonds. The van der Waals surface area contributed by atoms with Crippen molar-refractivity contribution in [3.8, 4) is 0 Å². The number of halogens is 1. The number of anilines is 1. The number of urea groups is 1. The van der Waals surface area contributed by atoms with Gasteiger partial charge in [0.05, 0.1) is 12.3 Å². The second-order valence-corrected chi connectivity index (χ2v) is 3.60. The number of carbonyl (C=O) groups is 2. The summed E-state index contributed by atoms with van der Waals surface area (Å²) in [6.07, 6.45) is 0. The first kappa shape index (κ1) is 14.0. The van der Waals surface area contributed by atoms with Gasteiger partial charge < -0.3 is 15.4 Å². The number of nitrogens with one attached hydrogen (secondary N) is 2. The quantitative estimate of drug-likeness (QED) is 0.805. The summed E-state index contributed by atoms with van der Waals surface area (Å²) in [6, 6.07) is 3.77. The van der Waals surface area contributed by atoms with E-state index in [2.05, 4.69) is 15.4 Å². The number of carbonyl (C=O) groups excluding carboxylic acids is 2. The van der Waals surface area contributed by atoms with Crippen molar-refractivity contribution in [1.82, 2.24) is 5.32 Å². The molecule has 2 N–H and O–H groups in total. The maximum Gasteiger partial charge on any atom is 0.325 e. The molecule has 0 atom stereocenters. The van der Waals surface area contributed by atoms with Crippen LogP contribution in [0, 0.1) is 12.7 Å². The molecule has 1 aromatic carbocycles. The second-order valence-electron chi connectivity index (χ2n) is 3.60. The molecule has 0 saturated carbocycles. The smallest absolute Gasteiger partial charge is 0.325 e. The van der Waals surface area contributed by atoms with E-state index in [9.17, 15) is 14.0 Å². The fourth-order valence-corrected chi connectivity index (χ4v) is 1.25. The molecule has 18 heavy (non-hydrogen) atoms. The Bertz CT molecular complexity index is 449. The normalized spacial score (nSPS) is 9.72. The average molecular weight is 254 g/mol. The first-order valence-corrected chi connectivity index (χ1v) is 5.49. The van der Waals surface area contributed by atoms with E-state index in [1.807, 2.05) is 0 Å². The number of amides is 2. The lowest BCUT2D eigenvalue weighted by Gasteiger charge is -2.08. The summed E-state index contributed by atoms with van der Waals surface area (Å²) < 4.78 is 18.0. The third-order valence-corrected chi connectivity index (χ3v) is 2.07. The number of aryl methyl sites for hydroxylation is 1. The summed E-state index contributed by atoms with van der Waals surface area (Å²) in [5.41, 5.74) is 0.812. The van der Waals surface area contributed by atoms with E-state index < -0.39 is 17.8 Å². The molecule has 0 aromatic heterocycles. The standard InChI is InChI=1S/C12H15FN2O3/c1-3-18-11(16)7-14-12(17)15-10-5-4-8(2)6-9(10)13/h4-6H,3,7H2,1-2H3,(H2,14,15,17). The van der Waals surface area contributed by atoms with Crippen LogP contribution in [-0.2, 0) is 9.53 Å². The number of esters is 1. The van der Waals surface area contributed by atoms with Crippen molar-refractivity contribution in [2.24, 2.45) is 0 Å². The van der Waals surface area contributed by atoms with Crippen LogP contribution in [0.4, 0.5) is 14.9 Å². The van der Waals surface area contributed by atoms with E-state index in [1.54, 1.807) is 19.9 Å². The van der Waals surface area contributed by atoms with Crippen LogP contribution in [-0.4, -0.2) is 25.2 Å². The minimum absolute atomic E-state index is 0.0574. The van der Waals surface area contributed by atoms with Gasteiger partial charge in [-0.3, -0.25) is 4.79 Å². The van der Waals surface area contributed by atoms with Gasteiger partial charge in [0.2, 0.25) is 0 Å². The molecule has 1 aromatic rings. The molecule has 98 valence electrons. The van der Waals surface area contributed by atoms with Gasteiger partial charge in [0, 0.05) is 0 Å². The molecule has 0 aliphatic heterocycles. The second kappa shape index (κ2) is 6.58. The lowest BCUT2D eigenvalue weighted by atomic mass is 10.2. The highest BCUT2D eigenvalue weighted by Crippen LogP contribution is 2.14. The molecule has 1 rings (SSSR count). The topological polar surface area (TPSA) is 67.4 Å². The number of hydrogen-bond donors (Lipinski definition) is 2. The zero-order valence-corrected chi connectivity index (χ0v) is 10.2. The van der Waals surface area contributed by atoms with Gasteiger partial charge in [-0.1, -0.05) is 6.07 Å². The highest BCUT2D eigenvalue weighted by Gasteiger charge is 2.08. The molecule has 0 heterocycles. The van der Waals surface area contributed by atoms with Gasteiger partial charge >= 0.3 is 12.0 Å². The maximum atomic E-state index is 13.4. The first-order chi connectivity index (χ1) is 8.52. The van der Waals surface area contributed by atoms with Crippen molar-refractivity contribution >= 4 is 17.7 Å². The van der Waals surface area contributed by atoms with Crippen molar-refractivity contribution in [3.05, 3.63) is 29.6 Å². The van der Waals surface area contributed by atoms with E-state index in [0.29, 0.717) is 0 Å². The molecule has 0 radical (unpaired) electrons. The Morgan fingerprint density at radius 1 is 1.39 bits per heavy atom. The van der Waals surface area contributed by atoms with Crippen LogP contribution in [0.1, 0.15) is 12.5 Å². The summed E-state index contributed by atoms with van der Waals surface area (Å²) in [7, 11) is 0. The molecular weight excluding hydrogens is 239 g/mol. The van der Waals surface area contributed by atoms with Crippen molar-refractivity contribution < 1.29 is 18.7 Å². The Morgan fingerprint density at radius 2 is 2.11 bits per heavy atom. The van der Waals surface area contributed by atoms with Gasteiger partial charge in [-0.15, -0.1) is 0 Å². The maximum absolute atomic E-state index is 13.4. The number of hydrogen-bond acceptors (Lipinski definition) is 3. The molecule has 6 heteroatoms. The van der Waals surface area contributed by atoms with Gasteiger partial charge in [0.15, 0.2) is 0 Å². The molecular formula is C12H15FN2O3. The molecule has 0 saturated heterocycles. The third kappa shape index (κ3) is 4.40. The van der Waals surface area contributed by atoms with E-state index in [4.69, 9.17) is 0 Å². The highest BCUT2D eigenvalue weighted by atomic mass is 19.1. The molecule has 0 spiro atoms. The van der Waals surface area contributed by atoms with E-state index in [-0.39, 0.29) is 18.8 Å². The largest absolute Gasteiger partial charge is 0.465 e. The Morgan fingerprint density at radius 3 is 2.72 bits per heavy atom. The lowest BCUT2D eigenvalue weighted by Crippen LogP contribution is -2.34. The molecule has 5 nitrogen and oxygen atoms in total. The van der Waals surface area contributed by atoms with Crippen molar-refractivity contribution in [2.45, 2.75) is 13.8 Å². The van der Waals surface area contributed by atoms with Crippen LogP contribution >= 0.6 is 0 Å². The number of ether oxygens (including phenoxy) is 1. The molecule has 0 aliphatic rings. The van der Waals surface area contributed by atoms with Gasteiger partial charge in [-0.2, -0.15) is 0 Å². The fourth-order valence-electron chi connectivity index (χ4n) is 1.25. The monoisotopic (exact) mass is 254 g/mol. The lowest BCUT2D eigenvalue weighted by molar-refractivity contribution is -0.141. The van der Waals surface area contributed by atoms with Crippen molar-refractivity contribution in [3.63, 3.8) is 0 Å². The van der Waals surface area contributed by atoms with E-state index in [0.717, 1.165) is 5.56 Å². The highest BCUT2D eigenvalue weighted by molar-refractivity contribution is 5.91. The minimum Gasteiger partial charge on any atom is -0.465 e. The van der Waals surface area contributed by atoms with Crippen LogP contribution in [0.5, 0.6) is 0 Å². The van der Waals surface area contributed by atoms with Crippen LogP contribution in [0.25, 0.3) is 0 Å². The van der Waals surface area contributed by atoms with Crippen LogP contribution in [0.15, 0.2) is 18.2 Å². The molecule has 0 unspecified atom stereocenters. The summed E-state index contributed by atoms with van der Waals surface area (Å²) in [4.78, 5) is 22.3. The fraction of sp³-hybridized carbons (Fsp3) is 0.333. The molecule has 0 aliphatic carbocycles. The average Bonchev–Trinajstić information content (AvgIpc) is 2.31. The van der Waals surface area contributed by atoms with E-state index >= 15 is 0 Å². The van der Waals surface area contributed by atoms with Gasteiger partial charge in [0.1, 0.15) is 12.4 Å². The Labute approximate surface area is 104 Å². The van der Waals surface area contributed by atoms with Crippen LogP contribution < -0.4 is 10.6 Å². The Kier molecular flexibility index (Phi) is 5.10. The van der Waals surface area contributed by atoms with E-state index in [1.165, 1.54) is 12.1 Å². The predicted molar refractivity (Wildman–Crippen MR) is 64.8 cm³/mol.